The highest BCUT2D eigenvalue weighted by atomic mass is 35.5. The van der Waals surface area contributed by atoms with Gasteiger partial charge in [-0.3, -0.25) is 14.4 Å². The summed E-state index contributed by atoms with van der Waals surface area (Å²) in [6.07, 6.45) is 0. The molecular weight excluding hydrogens is 456 g/mol. The van der Waals surface area contributed by atoms with Gasteiger partial charge in [0.2, 0.25) is 0 Å². The van der Waals surface area contributed by atoms with Crippen LogP contribution in [0.3, 0.4) is 0 Å². The highest BCUT2D eigenvalue weighted by Crippen LogP contribution is 2.20. The van der Waals surface area contributed by atoms with Gasteiger partial charge in [0.05, 0.1) is 10.6 Å². The highest BCUT2D eigenvalue weighted by molar-refractivity contribution is 6.36. The van der Waals surface area contributed by atoms with E-state index < -0.39 is 11.7 Å². The standard InChI is InChI=1S/C23H18Cl2FN3O3/c24-16-5-10-19(20(25)13-16)23(32)28-12-11-27-21(30)14-3-8-18(9-4-14)29-22(31)15-1-6-17(26)7-2-15/h1-10,13H,11-12H2,(H,27,30)(H,28,32)(H,29,31). The number of nitrogens with one attached hydrogen (secondary N) is 3. The summed E-state index contributed by atoms with van der Waals surface area (Å²) in [4.78, 5) is 36.5. The van der Waals surface area contributed by atoms with E-state index in [0.717, 1.165) is 0 Å². The third-order valence-corrected chi connectivity index (χ3v) is 4.93. The molecule has 6 nitrogen and oxygen atoms in total. The zero-order valence-electron chi connectivity index (χ0n) is 16.6. The summed E-state index contributed by atoms with van der Waals surface area (Å²) in [7, 11) is 0. The van der Waals surface area contributed by atoms with Crippen molar-refractivity contribution in [2.24, 2.45) is 0 Å². The van der Waals surface area contributed by atoms with E-state index in [0.29, 0.717) is 27.4 Å². The number of carbonyl (C=O) groups excluding carboxylic acids is 3. The van der Waals surface area contributed by atoms with Crippen molar-refractivity contribution in [2.45, 2.75) is 0 Å². The Balaban J connectivity index is 1.45. The minimum absolute atomic E-state index is 0.204. The first-order chi connectivity index (χ1) is 15.3. The van der Waals surface area contributed by atoms with E-state index in [2.05, 4.69) is 16.0 Å². The van der Waals surface area contributed by atoms with Gasteiger partial charge in [-0.15, -0.1) is 0 Å². The van der Waals surface area contributed by atoms with Crippen molar-refractivity contribution in [3.05, 3.63) is 99.3 Å². The van der Waals surface area contributed by atoms with E-state index in [9.17, 15) is 18.8 Å². The van der Waals surface area contributed by atoms with Crippen LogP contribution >= 0.6 is 23.2 Å². The van der Waals surface area contributed by atoms with Crippen molar-refractivity contribution in [1.82, 2.24) is 10.6 Å². The molecule has 0 aliphatic rings. The summed E-state index contributed by atoms with van der Waals surface area (Å²) in [6, 6.07) is 16.0. The lowest BCUT2D eigenvalue weighted by Gasteiger charge is -2.09. The van der Waals surface area contributed by atoms with Crippen molar-refractivity contribution in [3.8, 4) is 0 Å². The molecule has 0 bridgehead atoms. The van der Waals surface area contributed by atoms with Gasteiger partial charge in [0.25, 0.3) is 17.7 Å². The van der Waals surface area contributed by atoms with E-state index in [1.807, 2.05) is 0 Å². The van der Waals surface area contributed by atoms with Crippen LogP contribution in [-0.4, -0.2) is 30.8 Å². The molecule has 0 unspecified atom stereocenters. The predicted molar refractivity (Wildman–Crippen MR) is 122 cm³/mol. The van der Waals surface area contributed by atoms with E-state index in [4.69, 9.17) is 23.2 Å². The van der Waals surface area contributed by atoms with Gasteiger partial charge in [0, 0.05) is 34.9 Å². The molecule has 0 aliphatic carbocycles. The summed E-state index contributed by atoms with van der Waals surface area (Å²) in [5, 5.41) is 8.70. The number of rotatable bonds is 7. The maximum atomic E-state index is 13.0. The van der Waals surface area contributed by atoms with E-state index >= 15 is 0 Å². The maximum Gasteiger partial charge on any atom is 0.255 e. The second-order valence-corrected chi connectivity index (χ2v) is 7.52. The first-order valence-corrected chi connectivity index (χ1v) is 10.3. The lowest BCUT2D eigenvalue weighted by atomic mass is 10.1. The van der Waals surface area contributed by atoms with Crippen molar-refractivity contribution in [1.29, 1.82) is 0 Å². The molecule has 3 aromatic carbocycles. The lowest BCUT2D eigenvalue weighted by Crippen LogP contribution is -2.34. The topological polar surface area (TPSA) is 87.3 Å². The highest BCUT2D eigenvalue weighted by Gasteiger charge is 2.11. The Morgan fingerprint density at radius 3 is 1.91 bits per heavy atom. The van der Waals surface area contributed by atoms with Crippen molar-refractivity contribution in [3.63, 3.8) is 0 Å². The Morgan fingerprint density at radius 1 is 0.719 bits per heavy atom. The van der Waals surface area contributed by atoms with Crippen LogP contribution in [0.1, 0.15) is 31.1 Å². The Morgan fingerprint density at radius 2 is 1.28 bits per heavy atom. The molecule has 3 amide bonds. The van der Waals surface area contributed by atoms with Gasteiger partial charge >= 0.3 is 0 Å². The van der Waals surface area contributed by atoms with E-state index in [1.54, 1.807) is 30.3 Å². The average Bonchev–Trinajstić information content (AvgIpc) is 2.77. The SMILES string of the molecule is O=C(NCCNC(=O)c1ccc(Cl)cc1Cl)c1ccc(NC(=O)c2ccc(F)cc2)cc1. The summed E-state index contributed by atoms with van der Waals surface area (Å²) < 4.78 is 13.0. The molecule has 3 rings (SSSR count). The van der Waals surface area contributed by atoms with Gasteiger partial charge in [0.15, 0.2) is 0 Å². The molecule has 0 saturated heterocycles. The normalized spacial score (nSPS) is 10.3. The second kappa shape index (κ2) is 10.7. The second-order valence-electron chi connectivity index (χ2n) is 6.67. The molecule has 0 saturated carbocycles. The minimum atomic E-state index is -0.426. The first-order valence-electron chi connectivity index (χ1n) is 9.52. The van der Waals surface area contributed by atoms with Gasteiger partial charge in [-0.2, -0.15) is 0 Å². The molecule has 0 aromatic heterocycles. The van der Waals surface area contributed by atoms with Crippen LogP contribution in [0.2, 0.25) is 10.0 Å². The van der Waals surface area contributed by atoms with Crippen LogP contribution in [0, 0.1) is 5.82 Å². The molecule has 0 aliphatic heterocycles. The van der Waals surface area contributed by atoms with Crippen LogP contribution in [0.4, 0.5) is 10.1 Å². The van der Waals surface area contributed by atoms with Crippen LogP contribution in [0.15, 0.2) is 66.7 Å². The van der Waals surface area contributed by atoms with Crippen molar-refractivity contribution < 1.29 is 18.8 Å². The monoisotopic (exact) mass is 473 g/mol. The predicted octanol–water partition coefficient (Wildman–Crippen LogP) is 4.54. The van der Waals surface area contributed by atoms with Gasteiger partial charge in [-0.05, 0) is 66.7 Å². The summed E-state index contributed by atoms with van der Waals surface area (Å²) in [5.41, 5.74) is 1.48. The number of benzene rings is 3. The van der Waals surface area contributed by atoms with Gasteiger partial charge in [0.1, 0.15) is 5.82 Å². The van der Waals surface area contributed by atoms with Crippen molar-refractivity contribution in [2.75, 3.05) is 18.4 Å². The van der Waals surface area contributed by atoms with Crippen LogP contribution < -0.4 is 16.0 Å². The fourth-order valence-corrected chi connectivity index (χ4v) is 3.23. The van der Waals surface area contributed by atoms with Crippen LogP contribution in [0.25, 0.3) is 0 Å². The third-order valence-electron chi connectivity index (χ3n) is 4.38. The first kappa shape index (κ1) is 23.2. The van der Waals surface area contributed by atoms with Crippen molar-refractivity contribution >= 4 is 46.6 Å². The molecule has 9 heteroatoms. The minimum Gasteiger partial charge on any atom is -0.350 e. The number of anilines is 1. The fraction of sp³-hybridized carbons (Fsp3) is 0.0870. The maximum absolute atomic E-state index is 13.0. The molecule has 164 valence electrons. The Bertz CT molecular complexity index is 1140. The zero-order valence-corrected chi connectivity index (χ0v) is 18.1. The van der Waals surface area contributed by atoms with E-state index in [1.165, 1.54) is 36.4 Å². The molecule has 0 radical (unpaired) electrons. The summed E-state index contributed by atoms with van der Waals surface area (Å²) >= 11 is 11.8. The smallest absolute Gasteiger partial charge is 0.255 e. The van der Waals surface area contributed by atoms with E-state index in [-0.39, 0.29) is 29.9 Å². The van der Waals surface area contributed by atoms with Gasteiger partial charge in [-0.1, -0.05) is 23.2 Å². The molecular formula is C23H18Cl2FN3O3. The van der Waals surface area contributed by atoms with Crippen LogP contribution in [-0.2, 0) is 0 Å². The largest absolute Gasteiger partial charge is 0.350 e. The quantitative estimate of drug-likeness (QED) is 0.440. The number of hydrogen-bond donors (Lipinski definition) is 3. The Kier molecular flexibility index (Phi) is 7.81. The molecule has 3 aromatic rings. The molecule has 0 spiro atoms. The average molecular weight is 474 g/mol. The molecule has 0 fully saturated rings. The summed E-state index contributed by atoms with van der Waals surface area (Å²) in [5.74, 6) is -1.52. The molecule has 3 N–H and O–H groups in total. The fourth-order valence-electron chi connectivity index (χ4n) is 2.73. The Hall–Kier alpha value is -3.42. The van der Waals surface area contributed by atoms with Crippen LogP contribution in [0.5, 0.6) is 0 Å². The summed E-state index contributed by atoms with van der Waals surface area (Å²) in [6.45, 7) is 0.411. The van der Waals surface area contributed by atoms with Gasteiger partial charge < -0.3 is 16.0 Å². The number of halogens is 3. The molecule has 0 atom stereocenters. The van der Waals surface area contributed by atoms with Gasteiger partial charge in [-0.25, -0.2) is 4.39 Å². The third kappa shape index (κ3) is 6.29. The molecule has 32 heavy (non-hydrogen) atoms. The number of carbonyl (C=O) groups is 3. The number of amides is 3. The number of hydrogen-bond acceptors (Lipinski definition) is 3. The zero-order chi connectivity index (χ0) is 23.1. The Labute approximate surface area is 193 Å². The molecule has 0 heterocycles. The lowest BCUT2D eigenvalue weighted by molar-refractivity contribution is 0.0927.